The van der Waals surface area contributed by atoms with Gasteiger partial charge in [0, 0.05) is 22.7 Å². The summed E-state index contributed by atoms with van der Waals surface area (Å²) in [7, 11) is 0. The Morgan fingerprint density at radius 3 is 2.53 bits per heavy atom. The number of hydrogen-bond donors (Lipinski definition) is 1. The SMILES string of the molecule is OCC(CC1Cc2ccccc2S1)c1ccccc1. The Bertz CT molecular complexity index is 513. The average Bonchev–Trinajstić information content (AvgIpc) is 2.88. The highest BCUT2D eigenvalue weighted by atomic mass is 32.2. The lowest BCUT2D eigenvalue weighted by molar-refractivity contribution is 0.258. The Labute approximate surface area is 118 Å². The topological polar surface area (TPSA) is 20.2 Å². The van der Waals surface area contributed by atoms with Crippen LogP contribution in [-0.2, 0) is 6.42 Å². The van der Waals surface area contributed by atoms with Crippen LogP contribution in [0, 0.1) is 0 Å². The van der Waals surface area contributed by atoms with Gasteiger partial charge in [0.2, 0.25) is 0 Å². The number of benzene rings is 2. The van der Waals surface area contributed by atoms with Gasteiger partial charge in [0.25, 0.3) is 0 Å². The lowest BCUT2D eigenvalue weighted by Gasteiger charge is -2.18. The smallest absolute Gasteiger partial charge is 0.0500 e. The number of thioether (sulfide) groups is 1. The molecule has 1 heterocycles. The Morgan fingerprint density at radius 2 is 1.79 bits per heavy atom. The molecule has 19 heavy (non-hydrogen) atoms. The monoisotopic (exact) mass is 270 g/mol. The number of rotatable bonds is 4. The van der Waals surface area contributed by atoms with Crippen molar-refractivity contribution in [1.82, 2.24) is 0 Å². The van der Waals surface area contributed by atoms with Crippen LogP contribution < -0.4 is 0 Å². The van der Waals surface area contributed by atoms with E-state index in [1.165, 1.54) is 16.0 Å². The quantitative estimate of drug-likeness (QED) is 0.910. The molecule has 1 nitrogen and oxygen atoms in total. The molecule has 0 aromatic heterocycles. The van der Waals surface area contributed by atoms with Gasteiger partial charge in [-0.1, -0.05) is 48.5 Å². The molecule has 0 bridgehead atoms. The first-order valence-corrected chi connectivity index (χ1v) is 7.65. The van der Waals surface area contributed by atoms with Crippen molar-refractivity contribution in [2.75, 3.05) is 6.61 Å². The summed E-state index contributed by atoms with van der Waals surface area (Å²) < 4.78 is 0. The predicted molar refractivity (Wildman–Crippen MR) is 80.7 cm³/mol. The highest BCUT2D eigenvalue weighted by molar-refractivity contribution is 8.00. The third-order valence-corrected chi connectivity index (χ3v) is 5.10. The third-order valence-electron chi connectivity index (χ3n) is 3.75. The van der Waals surface area contributed by atoms with Gasteiger partial charge in [0.05, 0.1) is 0 Å². The maximum atomic E-state index is 9.65. The van der Waals surface area contributed by atoms with Crippen molar-refractivity contribution in [1.29, 1.82) is 0 Å². The maximum Gasteiger partial charge on any atom is 0.0500 e. The zero-order valence-electron chi connectivity index (χ0n) is 10.8. The summed E-state index contributed by atoms with van der Waals surface area (Å²) in [5.41, 5.74) is 2.71. The zero-order valence-corrected chi connectivity index (χ0v) is 11.6. The van der Waals surface area contributed by atoms with Crippen molar-refractivity contribution in [3.63, 3.8) is 0 Å². The van der Waals surface area contributed by atoms with Gasteiger partial charge in [-0.25, -0.2) is 0 Å². The van der Waals surface area contributed by atoms with Crippen LogP contribution in [0.1, 0.15) is 23.5 Å². The zero-order chi connectivity index (χ0) is 13.1. The molecule has 2 atom stereocenters. The molecule has 0 saturated heterocycles. The molecular formula is C17H18OS. The van der Waals surface area contributed by atoms with Crippen LogP contribution in [0.4, 0.5) is 0 Å². The minimum absolute atomic E-state index is 0.234. The summed E-state index contributed by atoms with van der Waals surface area (Å²) in [6.07, 6.45) is 2.17. The van der Waals surface area contributed by atoms with E-state index in [0.717, 1.165) is 12.8 Å². The van der Waals surface area contributed by atoms with Crippen LogP contribution in [0.2, 0.25) is 0 Å². The predicted octanol–water partition coefficient (Wildman–Crippen LogP) is 3.87. The minimum Gasteiger partial charge on any atom is -0.396 e. The highest BCUT2D eigenvalue weighted by Gasteiger charge is 2.25. The molecular weight excluding hydrogens is 252 g/mol. The van der Waals surface area contributed by atoms with Crippen molar-refractivity contribution >= 4 is 11.8 Å². The van der Waals surface area contributed by atoms with E-state index in [2.05, 4.69) is 48.5 Å². The lowest BCUT2D eigenvalue weighted by atomic mass is 9.93. The molecule has 98 valence electrons. The fourth-order valence-corrected chi connectivity index (χ4v) is 4.15. The number of fused-ring (bicyclic) bond motifs is 1. The van der Waals surface area contributed by atoms with E-state index in [1.807, 2.05) is 17.8 Å². The molecule has 0 spiro atoms. The Hall–Kier alpha value is -1.25. The van der Waals surface area contributed by atoms with Crippen LogP contribution in [0.25, 0.3) is 0 Å². The van der Waals surface area contributed by atoms with Gasteiger partial charge in [-0.05, 0) is 30.0 Å². The minimum atomic E-state index is 0.234. The molecule has 0 amide bonds. The Morgan fingerprint density at radius 1 is 1.05 bits per heavy atom. The van der Waals surface area contributed by atoms with Crippen molar-refractivity contribution in [2.24, 2.45) is 0 Å². The molecule has 2 aromatic carbocycles. The van der Waals surface area contributed by atoms with Gasteiger partial charge in [-0.15, -0.1) is 11.8 Å². The molecule has 0 saturated carbocycles. The first-order valence-electron chi connectivity index (χ1n) is 6.77. The standard InChI is InChI=1S/C17H18OS/c18-12-15(13-6-2-1-3-7-13)11-16-10-14-8-4-5-9-17(14)19-16/h1-9,15-16,18H,10-12H2. The fraction of sp³-hybridized carbons (Fsp3) is 0.294. The largest absolute Gasteiger partial charge is 0.396 e. The summed E-state index contributed by atoms with van der Waals surface area (Å²) in [6, 6.07) is 19.0. The molecule has 1 aliphatic rings. The Balaban J connectivity index is 1.69. The van der Waals surface area contributed by atoms with Crippen molar-refractivity contribution in [3.8, 4) is 0 Å². The second-order valence-electron chi connectivity index (χ2n) is 5.08. The van der Waals surface area contributed by atoms with Crippen LogP contribution in [0.15, 0.2) is 59.5 Å². The first-order chi connectivity index (χ1) is 9.36. The molecule has 0 radical (unpaired) electrons. The van der Waals surface area contributed by atoms with Crippen molar-refractivity contribution < 1.29 is 5.11 Å². The third kappa shape index (κ3) is 2.85. The van der Waals surface area contributed by atoms with Crippen LogP contribution in [0.3, 0.4) is 0 Å². The molecule has 1 N–H and O–H groups in total. The number of aliphatic hydroxyl groups is 1. The van der Waals surface area contributed by atoms with Crippen molar-refractivity contribution in [2.45, 2.75) is 28.9 Å². The first kappa shape index (κ1) is 12.8. The van der Waals surface area contributed by atoms with E-state index in [9.17, 15) is 5.11 Å². The molecule has 1 aliphatic heterocycles. The molecule has 2 unspecified atom stereocenters. The highest BCUT2D eigenvalue weighted by Crippen LogP contribution is 2.40. The molecule has 0 aliphatic carbocycles. The summed E-state index contributed by atoms with van der Waals surface area (Å²) in [5.74, 6) is 0.257. The molecule has 2 heteroatoms. The van der Waals surface area contributed by atoms with E-state index < -0.39 is 0 Å². The second-order valence-corrected chi connectivity index (χ2v) is 6.42. The van der Waals surface area contributed by atoms with Crippen molar-refractivity contribution in [3.05, 3.63) is 65.7 Å². The summed E-state index contributed by atoms with van der Waals surface area (Å²) >= 11 is 1.96. The van der Waals surface area contributed by atoms with Gasteiger partial charge in [-0.3, -0.25) is 0 Å². The average molecular weight is 270 g/mol. The van der Waals surface area contributed by atoms with Crippen LogP contribution >= 0.6 is 11.8 Å². The van der Waals surface area contributed by atoms with E-state index in [0.29, 0.717) is 5.25 Å². The normalized spacial score (nSPS) is 19.1. The maximum absolute atomic E-state index is 9.65. The van der Waals surface area contributed by atoms with E-state index in [-0.39, 0.29) is 12.5 Å². The molecule has 2 aromatic rings. The number of hydrogen-bond acceptors (Lipinski definition) is 2. The van der Waals surface area contributed by atoms with Gasteiger partial charge in [-0.2, -0.15) is 0 Å². The lowest BCUT2D eigenvalue weighted by Crippen LogP contribution is -2.12. The van der Waals surface area contributed by atoms with E-state index >= 15 is 0 Å². The van der Waals surface area contributed by atoms with E-state index in [4.69, 9.17) is 0 Å². The number of aliphatic hydroxyl groups excluding tert-OH is 1. The van der Waals surface area contributed by atoms with Gasteiger partial charge in [0.1, 0.15) is 0 Å². The van der Waals surface area contributed by atoms with E-state index in [1.54, 1.807) is 0 Å². The van der Waals surface area contributed by atoms with Gasteiger partial charge >= 0.3 is 0 Å². The summed E-state index contributed by atoms with van der Waals surface area (Å²) in [5, 5.41) is 10.2. The summed E-state index contributed by atoms with van der Waals surface area (Å²) in [4.78, 5) is 1.41. The Kier molecular flexibility index (Phi) is 3.90. The molecule has 3 rings (SSSR count). The summed E-state index contributed by atoms with van der Waals surface area (Å²) in [6.45, 7) is 0.234. The van der Waals surface area contributed by atoms with Crippen LogP contribution in [0.5, 0.6) is 0 Å². The van der Waals surface area contributed by atoms with Gasteiger partial charge < -0.3 is 5.11 Å². The molecule has 0 fully saturated rings. The fourth-order valence-electron chi connectivity index (χ4n) is 2.74. The van der Waals surface area contributed by atoms with Gasteiger partial charge in [0.15, 0.2) is 0 Å². The second kappa shape index (κ2) is 5.81. The van der Waals surface area contributed by atoms with Crippen LogP contribution in [-0.4, -0.2) is 17.0 Å².